The molecule has 0 aromatic heterocycles. The Hall–Kier alpha value is -1.03. The van der Waals surface area contributed by atoms with Crippen LogP contribution in [-0.4, -0.2) is 30.5 Å². The van der Waals surface area contributed by atoms with Crippen molar-refractivity contribution >= 4 is 14.0 Å². The summed E-state index contributed by atoms with van der Waals surface area (Å²) in [5.74, 6) is -0.348. The second-order valence-corrected chi connectivity index (χ2v) is 5.79. The van der Waals surface area contributed by atoms with E-state index in [2.05, 4.69) is 5.32 Å². The molecule has 0 heterocycles. The zero-order valence-electron chi connectivity index (χ0n) is 11.5. The summed E-state index contributed by atoms with van der Waals surface area (Å²) in [5.41, 5.74) is 0. The molecule has 1 rings (SSSR count). The Morgan fingerprint density at radius 3 is 2.74 bits per heavy atom. The third-order valence-corrected chi connectivity index (χ3v) is 3.37. The van der Waals surface area contributed by atoms with Crippen molar-refractivity contribution < 1.29 is 18.6 Å². The number of hydrogen-bond acceptors (Lipinski definition) is 5. The van der Waals surface area contributed by atoms with Crippen molar-refractivity contribution in [3.8, 4) is 0 Å². The van der Waals surface area contributed by atoms with Crippen molar-refractivity contribution in [2.24, 2.45) is 0 Å². The number of carbonyl (C=O) groups is 1. The van der Waals surface area contributed by atoms with Gasteiger partial charge in [0.1, 0.15) is 12.1 Å². The first-order valence-corrected chi connectivity index (χ1v) is 7.74. The van der Waals surface area contributed by atoms with Gasteiger partial charge in [0.2, 0.25) is 6.29 Å². The van der Waals surface area contributed by atoms with Crippen molar-refractivity contribution in [1.29, 1.82) is 0 Å². The molecule has 0 aromatic rings. The number of allylic oxidation sites excluding steroid dienone is 2. The molecule has 0 radical (unpaired) electrons. The van der Waals surface area contributed by atoms with Crippen LogP contribution in [0.2, 0.25) is 0 Å². The summed E-state index contributed by atoms with van der Waals surface area (Å²) in [6, 6.07) is -0.494. The molecule has 0 amide bonds. The van der Waals surface area contributed by atoms with E-state index in [-0.39, 0.29) is 24.5 Å². The zero-order chi connectivity index (χ0) is 14.3. The van der Waals surface area contributed by atoms with Gasteiger partial charge in [-0.2, -0.15) is 0 Å². The first-order chi connectivity index (χ1) is 8.99. The molecule has 0 saturated heterocycles. The number of nitrogens with one attached hydrogen (secondary N) is 1. The maximum atomic E-state index is 11.7. The molecule has 0 aromatic carbocycles. The minimum absolute atomic E-state index is 0.137. The number of carbonyl (C=O) groups excluding carboxylic acids is 1. The molecule has 106 valence electrons. The summed E-state index contributed by atoms with van der Waals surface area (Å²) >= 11 is 0. The molecule has 1 aliphatic carbocycles. The van der Waals surface area contributed by atoms with Gasteiger partial charge in [-0.1, -0.05) is 24.3 Å². The molecule has 0 bridgehead atoms. The SMILES string of the molecule is CC(C)OC(=O)[C@H](C)NC[P+](=O)OC1C=CC=CC1. The van der Waals surface area contributed by atoms with Crippen molar-refractivity contribution in [3.63, 3.8) is 0 Å². The molecule has 6 heteroatoms. The second-order valence-electron chi connectivity index (χ2n) is 4.59. The van der Waals surface area contributed by atoms with Crippen molar-refractivity contribution in [1.82, 2.24) is 5.32 Å². The molecule has 0 saturated carbocycles. The third-order valence-electron chi connectivity index (χ3n) is 2.43. The van der Waals surface area contributed by atoms with E-state index in [4.69, 9.17) is 9.26 Å². The van der Waals surface area contributed by atoms with E-state index in [0.29, 0.717) is 0 Å². The van der Waals surface area contributed by atoms with Crippen molar-refractivity contribution in [3.05, 3.63) is 24.3 Å². The lowest BCUT2D eigenvalue weighted by atomic mass is 10.1. The summed E-state index contributed by atoms with van der Waals surface area (Å²) in [5, 5.41) is 2.85. The third kappa shape index (κ3) is 6.62. The smallest absolute Gasteiger partial charge is 0.462 e. The van der Waals surface area contributed by atoms with E-state index in [1.54, 1.807) is 20.8 Å². The highest BCUT2D eigenvalue weighted by atomic mass is 31.1. The monoisotopic (exact) mass is 286 g/mol. The Bertz CT molecular complexity index is 379. The Balaban J connectivity index is 2.24. The van der Waals surface area contributed by atoms with E-state index >= 15 is 0 Å². The minimum atomic E-state index is -1.84. The molecular weight excluding hydrogens is 265 g/mol. The van der Waals surface area contributed by atoms with Crippen LogP contribution in [0.15, 0.2) is 24.3 Å². The van der Waals surface area contributed by atoms with Gasteiger partial charge in [0.15, 0.2) is 0 Å². The van der Waals surface area contributed by atoms with Crippen LogP contribution in [0.1, 0.15) is 27.2 Å². The molecule has 3 atom stereocenters. The van der Waals surface area contributed by atoms with Gasteiger partial charge >= 0.3 is 14.0 Å². The van der Waals surface area contributed by atoms with Gasteiger partial charge in [0, 0.05) is 6.42 Å². The highest BCUT2D eigenvalue weighted by Gasteiger charge is 2.26. The van der Waals surface area contributed by atoms with Gasteiger partial charge in [-0.25, -0.2) is 0 Å². The van der Waals surface area contributed by atoms with Crippen LogP contribution in [0.25, 0.3) is 0 Å². The Kier molecular flexibility index (Phi) is 6.92. The maximum Gasteiger partial charge on any atom is 0.524 e. The highest BCUT2D eigenvalue weighted by Crippen LogP contribution is 2.26. The van der Waals surface area contributed by atoms with Crippen LogP contribution in [0.4, 0.5) is 0 Å². The molecule has 1 aliphatic rings. The van der Waals surface area contributed by atoms with Crippen LogP contribution in [0.3, 0.4) is 0 Å². The van der Waals surface area contributed by atoms with Crippen LogP contribution in [0.5, 0.6) is 0 Å². The van der Waals surface area contributed by atoms with E-state index in [1.165, 1.54) is 0 Å². The van der Waals surface area contributed by atoms with Gasteiger partial charge in [0.25, 0.3) is 0 Å². The quantitative estimate of drug-likeness (QED) is 0.575. The topological polar surface area (TPSA) is 64.6 Å². The van der Waals surface area contributed by atoms with E-state index < -0.39 is 14.1 Å². The van der Waals surface area contributed by atoms with Crippen LogP contribution in [0, 0.1) is 0 Å². The molecule has 1 N–H and O–H groups in total. The Morgan fingerprint density at radius 2 is 2.16 bits per heavy atom. The van der Waals surface area contributed by atoms with E-state index in [9.17, 15) is 9.36 Å². The van der Waals surface area contributed by atoms with E-state index in [1.807, 2.05) is 24.3 Å². The van der Waals surface area contributed by atoms with Crippen LogP contribution < -0.4 is 5.32 Å². The molecule has 0 aliphatic heterocycles. The number of esters is 1. The summed E-state index contributed by atoms with van der Waals surface area (Å²) < 4.78 is 22.1. The van der Waals surface area contributed by atoms with E-state index in [0.717, 1.165) is 6.42 Å². The fourth-order valence-electron chi connectivity index (χ4n) is 1.45. The molecule has 5 nitrogen and oxygen atoms in total. The normalized spacial score (nSPS) is 20.4. The largest absolute Gasteiger partial charge is 0.524 e. The maximum absolute atomic E-state index is 11.7. The van der Waals surface area contributed by atoms with Crippen molar-refractivity contribution in [2.45, 2.75) is 45.4 Å². The molecular formula is C13H21NO4P+. The number of ether oxygens (including phenoxy) is 1. The van der Waals surface area contributed by atoms with Gasteiger partial charge < -0.3 is 4.74 Å². The van der Waals surface area contributed by atoms with Gasteiger partial charge in [-0.15, -0.1) is 4.52 Å². The Morgan fingerprint density at radius 1 is 1.42 bits per heavy atom. The second kappa shape index (κ2) is 8.20. The standard InChI is InChI=1S/C13H21NO4P/c1-10(2)17-13(15)11(3)14-9-19(16)18-12-7-5-4-6-8-12/h4-7,10-12,14H,8-9H2,1-3H3/q+1/t11-,12?/m0/s1. The fourth-order valence-corrected chi connectivity index (χ4v) is 2.41. The molecule has 19 heavy (non-hydrogen) atoms. The van der Waals surface area contributed by atoms with Gasteiger partial charge in [-0.3, -0.25) is 10.1 Å². The average Bonchev–Trinajstić information content (AvgIpc) is 2.36. The minimum Gasteiger partial charge on any atom is -0.462 e. The highest BCUT2D eigenvalue weighted by molar-refractivity contribution is 7.39. The molecule has 2 unspecified atom stereocenters. The van der Waals surface area contributed by atoms with Crippen LogP contribution >= 0.6 is 8.03 Å². The fraction of sp³-hybridized carbons (Fsp3) is 0.615. The van der Waals surface area contributed by atoms with Gasteiger partial charge in [-0.05, 0) is 25.3 Å². The lowest BCUT2D eigenvalue weighted by molar-refractivity contribution is -0.149. The lowest BCUT2D eigenvalue weighted by Gasteiger charge is -2.13. The predicted octanol–water partition coefficient (Wildman–Crippen LogP) is 2.52. The average molecular weight is 286 g/mol. The first-order valence-electron chi connectivity index (χ1n) is 6.37. The number of hydrogen-bond donors (Lipinski definition) is 1. The molecule has 0 spiro atoms. The Labute approximate surface area is 114 Å². The lowest BCUT2D eigenvalue weighted by Crippen LogP contribution is -2.36. The van der Waals surface area contributed by atoms with Crippen LogP contribution in [-0.2, 0) is 18.6 Å². The van der Waals surface area contributed by atoms with Crippen molar-refractivity contribution in [2.75, 3.05) is 6.29 Å². The number of rotatable bonds is 7. The summed E-state index contributed by atoms with van der Waals surface area (Å²) in [4.78, 5) is 11.5. The predicted molar refractivity (Wildman–Crippen MR) is 74.1 cm³/mol. The molecule has 0 fully saturated rings. The summed E-state index contributed by atoms with van der Waals surface area (Å²) in [6.45, 7) is 5.26. The summed E-state index contributed by atoms with van der Waals surface area (Å²) in [6.07, 6.45) is 8.19. The zero-order valence-corrected chi connectivity index (χ0v) is 12.4. The van der Waals surface area contributed by atoms with Gasteiger partial charge in [0.05, 0.1) is 6.10 Å². The summed E-state index contributed by atoms with van der Waals surface area (Å²) in [7, 11) is -1.84. The first kappa shape index (κ1) is 16.0.